The van der Waals surface area contributed by atoms with E-state index < -0.39 is 5.97 Å². The maximum Gasteiger partial charge on any atom is 0.303 e. The molecule has 4 nitrogen and oxygen atoms in total. The lowest BCUT2D eigenvalue weighted by molar-refractivity contribution is -0.137. The largest absolute Gasteiger partial charge is 0.481 e. The molecule has 0 spiro atoms. The molecule has 1 aliphatic heterocycles. The fraction of sp³-hybridized carbons (Fsp3) is 0.917. The summed E-state index contributed by atoms with van der Waals surface area (Å²) in [7, 11) is 0. The Hall–Kier alpha value is -0.610. The SMILES string of the molecule is CC(CCC(=O)O)N1CCOC2CCCC21. The summed E-state index contributed by atoms with van der Waals surface area (Å²) in [6, 6.07) is 0.906. The normalized spacial score (nSPS) is 32.3. The molecule has 0 aromatic heterocycles. The van der Waals surface area contributed by atoms with E-state index in [1.165, 1.54) is 19.3 Å². The van der Waals surface area contributed by atoms with Crippen LogP contribution in [0.3, 0.4) is 0 Å². The quantitative estimate of drug-likeness (QED) is 0.790. The van der Waals surface area contributed by atoms with Crippen molar-refractivity contribution >= 4 is 5.97 Å². The summed E-state index contributed by atoms with van der Waals surface area (Å²) in [4.78, 5) is 13.0. The molecule has 2 aliphatic rings. The van der Waals surface area contributed by atoms with Crippen LogP contribution in [-0.2, 0) is 9.53 Å². The Morgan fingerprint density at radius 1 is 1.56 bits per heavy atom. The van der Waals surface area contributed by atoms with Crippen molar-refractivity contribution in [3.05, 3.63) is 0 Å². The van der Waals surface area contributed by atoms with E-state index in [1.54, 1.807) is 0 Å². The van der Waals surface area contributed by atoms with Crippen LogP contribution in [0.5, 0.6) is 0 Å². The number of carbonyl (C=O) groups is 1. The van der Waals surface area contributed by atoms with Crippen molar-refractivity contribution in [2.45, 2.75) is 57.2 Å². The Bertz CT molecular complexity index is 257. The van der Waals surface area contributed by atoms with Crippen LogP contribution in [0, 0.1) is 0 Å². The first-order chi connectivity index (χ1) is 7.68. The summed E-state index contributed by atoms with van der Waals surface area (Å²) in [6.45, 7) is 3.91. The predicted octanol–water partition coefficient (Wildman–Crippen LogP) is 1.49. The first-order valence-electron chi connectivity index (χ1n) is 6.27. The highest BCUT2D eigenvalue weighted by Crippen LogP contribution is 2.31. The molecule has 1 saturated heterocycles. The van der Waals surface area contributed by atoms with Crippen LogP contribution in [0.15, 0.2) is 0 Å². The number of morpholine rings is 1. The summed E-state index contributed by atoms with van der Waals surface area (Å²) in [5.41, 5.74) is 0. The first-order valence-corrected chi connectivity index (χ1v) is 6.27. The van der Waals surface area contributed by atoms with Crippen LogP contribution in [0.4, 0.5) is 0 Å². The van der Waals surface area contributed by atoms with Crippen LogP contribution in [-0.4, -0.2) is 47.3 Å². The first kappa shape index (κ1) is 11.9. The molecule has 2 rings (SSSR count). The number of hydrogen-bond donors (Lipinski definition) is 1. The standard InChI is InChI=1S/C12H21NO3/c1-9(5-6-12(14)15)13-7-8-16-11-4-2-3-10(11)13/h9-11H,2-8H2,1H3,(H,14,15). The van der Waals surface area contributed by atoms with E-state index >= 15 is 0 Å². The fourth-order valence-corrected chi connectivity index (χ4v) is 3.00. The number of fused-ring (bicyclic) bond motifs is 1. The van der Waals surface area contributed by atoms with Gasteiger partial charge in [0.15, 0.2) is 0 Å². The lowest BCUT2D eigenvalue weighted by Crippen LogP contribution is -2.52. The molecule has 4 heteroatoms. The van der Waals surface area contributed by atoms with Crippen LogP contribution in [0.25, 0.3) is 0 Å². The summed E-state index contributed by atoms with van der Waals surface area (Å²) >= 11 is 0. The van der Waals surface area contributed by atoms with Gasteiger partial charge in [-0.2, -0.15) is 0 Å². The van der Waals surface area contributed by atoms with Crippen LogP contribution in [0.2, 0.25) is 0 Å². The highest BCUT2D eigenvalue weighted by atomic mass is 16.5. The third kappa shape index (κ3) is 2.55. The summed E-state index contributed by atoms with van der Waals surface area (Å²) < 4.78 is 5.75. The summed E-state index contributed by atoms with van der Waals surface area (Å²) in [5, 5.41) is 8.70. The number of rotatable bonds is 4. The number of carboxylic acid groups (broad SMARTS) is 1. The van der Waals surface area contributed by atoms with Crippen molar-refractivity contribution in [1.29, 1.82) is 0 Å². The van der Waals surface area contributed by atoms with Crippen LogP contribution < -0.4 is 0 Å². The van der Waals surface area contributed by atoms with Gasteiger partial charge in [-0.1, -0.05) is 0 Å². The molecule has 1 N–H and O–H groups in total. The minimum Gasteiger partial charge on any atom is -0.481 e. The van der Waals surface area contributed by atoms with Gasteiger partial charge < -0.3 is 9.84 Å². The van der Waals surface area contributed by atoms with Gasteiger partial charge in [0.1, 0.15) is 0 Å². The topological polar surface area (TPSA) is 49.8 Å². The lowest BCUT2D eigenvalue weighted by atomic mass is 10.0. The third-order valence-corrected chi connectivity index (χ3v) is 3.87. The zero-order valence-corrected chi connectivity index (χ0v) is 9.89. The van der Waals surface area contributed by atoms with Gasteiger partial charge in [0.05, 0.1) is 12.7 Å². The smallest absolute Gasteiger partial charge is 0.303 e. The molecule has 1 saturated carbocycles. The van der Waals surface area contributed by atoms with Crippen molar-refractivity contribution < 1.29 is 14.6 Å². The van der Waals surface area contributed by atoms with Gasteiger partial charge in [-0.25, -0.2) is 0 Å². The second-order valence-corrected chi connectivity index (χ2v) is 4.93. The molecular formula is C12H21NO3. The highest BCUT2D eigenvalue weighted by Gasteiger charge is 2.37. The van der Waals surface area contributed by atoms with Crippen molar-refractivity contribution in [2.75, 3.05) is 13.2 Å². The van der Waals surface area contributed by atoms with Crippen molar-refractivity contribution in [3.8, 4) is 0 Å². The molecule has 2 fully saturated rings. The molecule has 16 heavy (non-hydrogen) atoms. The van der Waals surface area contributed by atoms with E-state index in [2.05, 4.69) is 11.8 Å². The number of carboxylic acids is 1. The molecule has 3 unspecified atom stereocenters. The number of hydrogen-bond acceptors (Lipinski definition) is 3. The van der Waals surface area contributed by atoms with E-state index in [1.807, 2.05) is 0 Å². The van der Waals surface area contributed by atoms with E-state index in [-0.39, 0.29) is 6.42 Å². The molecule has 0 bridgehead atoms. The van der Waals surface area contributed by atoms with Gasteiger partial charge in [0.2, 0.25) is 0 Å². The molecule has 92 valence electrons. The Labute approximate surface area is 96.6 Å². The predicted molar refractivity (Wildman–Crippen MR) is 60.4 cm³/mol. The molecule has 0 aromatic carbocycles. The molecular weight excluding hydrogens is 206 g/mol. The second-order valence-electron chi connectivity index (χ2n) is 4.93. The van der Waals surface area contributed by atoms with Crippen molar-refractivity contribution in [1.82, 2.24) is 4.90 Å². The van der Waals surface area contributed by atoms with Gasteiger partial charge >= 0.3 is 5.97 Å². The molecule has 1 heterocycles. The van der Waals surface area contributed by atoms with Crippen molar-refractivity contribution in [2.24, 2.45) is 0 Å². The molecule has 1 aliphatic carbocycles. The maximum atomic E-state index is 10.6. The van der Waals surface area contributed by atoms with E-state index in [0.717, 1.165) is 19.6 Å². The number of ether oxygens (including phenoxy) is 1. The molecule has 0 aromatic rings. The maximum absolute atomic E-state index is 10.6. The highest BCUT2D eigenvalue weighted by molar-refractivity contribution is 5.66. The fourth-order valence-electron chi connectivity index (χ4n) is 3.00. The summed E-state index contributed by atoms with van der Waals surface area (Å²) in [5.74, 6) is -0.692. The number of nitrogens with zero attached hydrogens (tertiary/aromatic N) is 1. The van der Waals surface area contributed by atoms with E-state index in [0.29, 0.717) is 18.2 Å². The zero-order valence-electron chi connectivity index (χ0n) is 9.89. The second kappa shape index (κ2) is 5.15. The minimum atomic E-state index is -0.692. The average Bonchev–Trinajstić information content (AvgIpc) is 2.73. The molecule has 0 amide bonds. The molecule has 3 atom stereocenters. The Morgan fingerprint density at radius 2 is 2.38 bits per heavy atom. The Morgan fingerprint density at radius 3 is 3.12 bits per heavy atom. The van der Waals surface area contributed by atoms with Gasteiger partial charge in [0.25, 0.3) is 0 Å². The molecule has 0 radical (unpaired) electrons. The monoisotopic (exact) mass is 227 g/mol. The summed E-state index contributed by atoms with van der Waals surface area (Å²) in [6.07, 6.45) is 5.06. The average molecular weight is 227 g/mol. The number of aliphatic carboxylic acids is 1. The van der Waals surface area contributed by atoms with E-state index in [4.69, 9.17) is 9.84 Å². The minimum absolute atomic E-state index is 0.274. The Balaban J connectivity index is 1.89. The van der Waals surface area contributed by atoms with Gasteiger partial charge in [0, 0.05) is 25.0 Å². The zero-order chi connectivity index (χ0) is 11.5. The van der Waals surface area contributed by atoms with Crippen LogP contribution >= 0.6 is 0 Å². The third-order valence-electron chi connectivity index (χ3n) is 3.87. The van der Waals surface area contributed by atoms with Gasteiger partial charge in [-0.3, -0.25) is 9.69 Å². The van der Waals surface area contributed by atoms with Crippen LogP contribution in [0.1, 0.15) is 39.0 Å². The Kier molecular flexibility index (Phi) is 3.82. The van der Waals surface area contributed by atoms with E-state index in [9.17, 15) is 4.79 Å². The van der Waals surface area contributed by atoms with Gasteiger partial charge in [-0.05, 0) is 32.6 Å². The lowest BCUT2D eigenvalue weighted by Gasteiger charge is -2.41. The van der Waals surface area contributed by atoms with Crippen molar-refractivity contribution in [3.63, 3.8) is 0 Å². The van der Waals surface area contributed by atoms with Gasteiger partial charge in [-0.15, -0.1) is 0 Å².